The van der Waals surface area contributed by atoms with Crippen molar-refractivity contribution in [3.05, 3.63) is 35.9 Å². The first-order valence-corrected chi connectivity index (χ1v) is 6.87. The molecule has 0 radical (unpaired) electrons. The molecular formula is C16H24O3. The van der Waals surface area contributed by atoms with Crippen LogP contribution in [-0.2, 0) is 20.9 Å². The fraction of sp³-hybridized carbons (Fsp3) is 0.562. The zero-order chi connectivity index (χ0) is 14.3. The van der Waals surface area contributed by atoms with Crippen molar-refractivity contribution < 1.29 is 14.3 Å². The zero-order valence-electron chi connectivity index (χ0n) is 12.3. The minimum Gasteiger partial charge on any atom is -0.460 e. The average Bonchev–Trinajstić information content (AvgIpc) is 2.42. The Morgan fingerprint density at radius 2 is 1.84 bits per heavy atom. The standard InChI is InChI=1S/C16H24O3/c1-5-12(2)16(19-14(4)17)13(3)18-11-15-9-7-6-8-10-15/h6-10,12-13,16H,5,11H2,1-4H3. The van der Waals surface area contributed by atoms with Crippen LogP contribution in [0, 0.1) is 5.92 Å². The molecule has 19 heavy (non-hydrogen) atoms. The summed E-state index contributed by atoms with van der Waals surface area (Å²) in [6.45, 7) is 8.11. The normalized spacial score (nSPS) is 15.6. The van der Waals surface area contributed by atoms with Gasteiger partial charge in [0.25, 0.3) is 0 Å². The molecule has 0 aliphatic rings. The summed E-state index contributed by atoms with van der Waals surface area (Å²) in [5, 5.41) is 0. The number of carbonyl (C=O) groups is 1. The summed E-state index contributed by atoms with van der Waals surface area (Å²) in [4.78, 5) is 11.2. The first-order chi connectivity index (χ1) is 9.04. The minimum atomic E-state index is -0.250. The van der Waals surface area contributed by atoms with Crippen LogP contribution in [0.2, 0.25) is 0 Å². The highest BCUT2D eigenvalue weighted by Gasteiger charge is 2.26. The van der Waals surface area contributed by atoms with Crippen molar-refractivity contribution in [2.45, 2.75) is 52.9 Å². The lowest BCUT2D eigenvalue weighted by atomic mass is 9.97. The van der Waals surface area contributed by atoms with Gasteiger partial charge in [-0.25, -0.2) is 0 Å². The molecule has 3 atom stereocenters. The van der Waals surface area contributed by atoms with E-state index in [0.29, 0.717) is 6.61 Å². The molecule has 0 amide bonds. The maximum absolute atomic E-state index is 11.2. The van der Waals surface area contributed by atoms with E-state index in [4.69, 9.17) is 9.47 Å². The van der Waals surface area contributed by atoms with Gasteiger partial charge in [-0.2, -0.15) is 0 Å². The van der Waals surface area contributed by atoms with Crippen LogP contribution in [-0.4, -0.2) is 18.2 Å². The highest BCUT2D eigenvalue weighted by molar-refractivity contribution is 5.66. The lowest BCUT2D eigenvalue weighted by molar-refractivity contribution is -0.159. The number of ether oxygens (including phenoxy) is 2. The summed E-state index contributed by atoms with van der Waals surface area (Å²) in [5.74, 6) is 0.0372. The Kier molecular flexibility index (Phi) is 6.57. The van der Waals surface area contributed by atoms with Crippen molar-refractivity contribution >= 4 is 5.97 Å². The van der Waals surface area contributed by atoms with Crippen LogP contribution in [0.1, 0.15) is 39.7 Å². The highest BCUT2D eigenvalue weighted by atomic mass is 16.6. The average molecular weight is 264 g/mol. The topological polar surface area (TPSA) is 35.5 Å². The number of hydrogen-bond donors (Lipinski definition) is 0. The number of rotatable bonds is 7. The number of benzene rings is 1. The summed E-state index contributed by atoms with van der Waals surface area (Å²) in [6.07, 6.45) is 0.655. The molecule has 0 heterocycles. The molecule has 1 aromatic carbocycles. The van der Waals surface area contributed by atoms with Gasteiger partial charge in [-0.15, -0.1) is 0 Å². The first-order valence-electron chi connectivity index (χ1n) is 6.87. The zero-order valence-corrected chi connectivity index (χ0v) is 12.3. The van der Waals surface area contributed by atoms with Crippen LogP contribution in [0.3, 0.4) is 0 Å². The van der Waals surface area contributed by atoms with Crippen molar-refractivity contribution in [2.75, 3.05) is 0 Å². The summed E-state index contributed by atoms with van der Waals surface area (Å²) in [7, 11) is 0. The smallest absolute Gasteiger partial charge is 0.303 e. The third-order valence-electron chi connectivity index (χ3n) is 3.33. The van der Waals surface area contributed by atoms with Gasteiger partial charge < -0.3 is 9.47 Å². The van der Waals surface area contributed by atoms with Crippen LogP contribution in [0.5, 0.6) is 0 Å². The van der Waals surface area contributed by atoms with Crippen molar-refractivity contribution in [1.82, 2.24) is 0 Å². The molecule has 106 valence electrons. The van der Waals surface area contributed by atoms with Crippen LogP contribution < -0.4 is 0 Å². The third-order valence-corrected chi connectivity index (χ3v) is 3.33. The van der Waals surface area contributed by atoms with E-state index in [1.807, 2.05) is 37.3 Å². The maximum Gasteiger partial charge on any atom is 0.303 e. The fourth-order valence-corrected chi connectivity index (χ4v) is 2.00. The Bertz CT molecular complexity index is 375. The predicted molar refractivity (Wildman–Crippen MR) is 75.7 cm³/mol. The van der Waals surface area contributed by atoms with Crippen molar-refractivity contribution in [3.8, 4) is 0 Å². The van der Waals surface area contributed by atoms with Crippen LogP contribution in [0.25, 0.3) is 0 Å². The summed E-state index contributed by atoms with van der Waals surface area (Å²) >= 11 is 0. The molecule has 0 saturated carbocycles. The molecule has 0 aromatic heterocycles. The van der Waals surface area contributed by atoms with Gasteiger partial charge in [0.2, 0.25) is 0 Å². The van der Waals surface area contributed by atoms with Gasteiger partial charge in [-0.1, -0.05) is 44.2 Å². The summed E-state index contributed by atoms with van der Waals surface area (Å²) in [6, 6.07) is 10.0. The van der Waals surface area contributed by atoms with Crippen LogP contribution in [0.4, 0.5) is 0 Å². The Morgan fingerprint density at radius 1 is 1.21 bits per heavy atom. The Balaban J connectivity index is 2.56. The molecule has 0 fully saturated rings. The molecule has 3 unspecified atom stereocenters. The van der Waals surface area contributed by atoms with Crippen LogP contribution >= 0.6 is 0 Å². The van der Waals surface area contributed by atoms with Gasteiger partial charge in [0, 0.05) is 6.92 Å². The second kappa shape index (κ2) is 7.95. The number of carbonyl (C=O) groups excluding carboxylic acids is 1. The monoisotopic (exact) mass is 264 g/mol. The lowest BCUT2D eigenvalue weighted by Crippen LogP contribution is -2.36. The second-order valence-electron chi connectivity index (χ2n) is 4.96. The van der Waals surface area contributed by atoms with Gasteiger partial charge in [0.1, 0.15) is 6.10 Å². The van der Waals surface area contributed by atoms with Gasteiger partial charge >= 0.3 is 5.97 Å². The molecule has 1 rings (SSSR count). The quantitative estimate of drug-likeness (QED) is 0.706. The SMILES string of the molecule is CCC(C)C(OC(C)=O)C(C)OCc1ccccc1. The second-order valence-corrected chi connectivity index (χ2v) is 4.96. The van der Waals surface area contributed by atoms with Gasteiger partial charge in [-0.3, -0.25) is 4.79 Å². The molecule has 0 saturated heterocycles. The molecule has 0 spiro atoms. The fourth-order valence-electron chi connectivity index (χ4n) is 2.00. The lowest BCUT2D eigenvalue weighted by Gasteiger charge is -2.28. The minimum absolute atomic E-state index is 0.112. The summed E-state index contributed by atoms with van der Waals surface area (Å²) < 4.78 is 11.2. The van der Waals surface area contributed by atoms with E-state index in [1.165, 1.54) is 6.92 Å². The number of hydrogen-bond acceptors (Lipinski definition) is 3. The van der Waals surface area contributed by atoms with E-state index in [0.717, 1.165) is 12.0 Å². The Hall–Kier alpha value is -1.35. The number of esters is 1. The first kappa shape index (κ1) is 15.7. The third kappa shape index (κ3) is 5.43. The Labute approximate surface area is 115 Å². The highest BCUT2D eigenvalue weighted by Crippen LogP contribution is 2.19. The van der Waals surface area contributed by atoms with E-state index in [2.05, 4.69) is 13.8 Å². The van der Waals surface area contributed by atoms with E-state index in [9.17, 15) is 4.79 Å². The molecule has 1 aromatic rings. The van der Waals surface area contributed by atoms with E-state index < -0.39 is 0 Å². The van der Waals surface area contributed by atoms with E-state index in [1.54, 1.807) is 0 Å². The van der Waals surface area contributed by atoms with Crippen LogP contribution in [0.15, 0.2) is 30.3 Å². The van der Waals surface area contributed by atoms with Crippen molar-refractivity contribution in [2.24, 2.45) is 5.92 Å². The van der Waals surface area contributed by atoms with Gasteiger partial charge in [-0.05, 0) is 24.8 Å². The van der Waals surface area contributed by atoms with Gasteiger partial charge in [0.05, 0.1) is 12.7 Å². The van der Waals surface area contributed by atoms with E-state index >= 15 is 0 Å². The maximum atomic E-state index is 11.2. The van der Waals surface area contributed by atoms with E-state index in [-0.39, 0.29) is 24.1 Å². The molecule has 0 aliphatic heterocycles. The molecule has 0 aliphatic carbocycles. The molecule has 0 N–H and O–H groups in total. The van der Waals surface area contributed by atoms with Crippen molar-refractivity contribution in [3.63, 3.8) is 0 Å². The Morgan fingerprint density at radius 3 is 2.37 bits per heavy atom. The largest absolute Gasteiger partial charge is 0.460 e. The predicted octanol–water partition coefficient (Wildman–Crippen LogP) is 3.57. The molecule has 3 heteroatoms. The van der Waals surface area contributed by atoms with Gasteiger partial charge in [0.15, 0.2) is 0 Å². The van der Waals surface area contributed by atoms with Crippen molar-refractivity contribution in [1.29, 1.82) is 0 Å². The molecule has 0 bridgehead atoms. The molecule has 3 nitrogen and oxygen atoms in total. The summed E-state index contributed by atoms with van der Waals surface area (Å²) in [5.41, 5.74) is 1.13. The molecular weight excluding hydrogens is 240 g/mol.